The molecule has 8 heteroatoms. The molecule has 0 radical (unpaired) electrons. The summed E-state index contributed by atoms with van der Waals surface area (Å²) < 4.78 is 5.58. The molecular formula is C10H13ClN4O3. The predicted molar refractivity (Wildman–Crippen MR) is 65.8 cm³/mol. The summed E-state index contributed by atoms with van der Waals surface area (Å²) in [5, 5.41) is 13.7. The van der Waals surface area contributed by atoms with Crippen LogP contribution < -0.4 is 5.32 Å². The number of nitro groups is 1. The molecule has 2 rings (SSSR count). The maximum absolute atomic E-state index is 10.8. The average Bonchev–Trinajstić information content (AvgIpc) is 2.74. The Kier molecular flexibility index (Phi) is 3.63. The van der Waals surface area contributed by atoms with Gasteiger partial charge in [0.25, 0.3) is 0 Å². The molecule has 0 spiro atoms. The lowest BCUT2D eigenvalue weighted by atomic mass is 10.0. The number of aromatic nitrogens is 2. The van der Waals surface area contributed by atoms with Gasteiger partial charge in [-0.05, 0) is 31.4 Å². The highest BCUT2D eigenvalue weighted by atomic mass is 35.5. The molecule has 0 saturated carbocycles. The number of halogens is 1. The molecule has 1 atom stereocenters. The van der Waals surface area contributed by atoms with E-state index in [9.17, 15) is 10.1 Å². The first kappa shape index (κ1) is 13.0. The van der Waals surface area contributed by atoms with Crippen molar-refractivity contribution < 1.29 is 9.66 Å². The first-order chi connectivity index (χ1) is 8.50. The van der Waals surface area contributed by atoms with Gasteiger partial charge < -0.3 is 10.1 Å². The molecule has 1 unspecified atom stereocenters. The topological polar surface area (TPSA) is 90.2 Å². The van der Waals surface area contributed by atoms with Crippen LogP contribution in [-0.4, -0.2) is 33.6 Å². The van der Waals surface area contributed by atoms with E-state index in [2.05, 4.69) is 15.3 Å². The number of nitrogens with one attached hydrogen (secondary N) is 1. The maximum Gasteiger partial charge on any atom is 0.329 e. The molecule has 0 aliphatic carbocycles. The molecule has 1 aromatic heterocycles. The molecule has 1 fully saturated rings. The molecule has 7 nitrogen and oxygen atoms in total. The van der Waals surface area contributed by atoms with Crippen molar-refractivity contribution in [1.82, 2.24) is 9.97 Å². The average molecular weight is 273 g/mol. The van der Waals surface area contributed by atoms with Gasteiger partial charge in [0.1, 0.15) is 6.20 Å². The highest BCUT2D eigenvalue weighted by Gasteiger charge is 2.30. The summed E-state index contributed by atoms with van der Waals surface area (Å²) in [7, 11) is 0. The van der Waals surface area contributed by atoms with Gasteiger partial charge in [-0.2, -0.15) is 4.98 Å². The molecule has 1 aromatic rings. The molecule has 0 aromatic carbocycles. The van der Waals surface area contributed by atoms with Crippen molar-refractivity contribution in [2.24, 2.45) is 0 Å². The van der Waals surface area contributed by atoms with Crippen LogP contribution in [0.3, 0.4) is 0 Å². The number of rotatable bonds is 4. The van der Waals surface area contributed by atoms with Gasteiger partial charge in [-0.3, -0.25) is 10.1 Å². The molecular weight excluding hydrogens is 260 g/mol. The Balaban J connectivity index is 2.12. The molecule has 98 valence electrons. The Morgan fingerprint density at radius 3 is 3.11 bits per heavy atom. The lowest BCUT2D eigenvalue weighted by Crippen LogP contribution is -2.33. The standard InChI is InChI=1S/C10H13ClN4O3/c1-10(3-2-4-18-10)6-13-8-7(15(16)17)5-12-9(11)14-8/h5H,2-4,6H2,1H3,(H,12,13,14). The Morgan fingerprint density at radius 1 is 1.72 bits per heavy atom. The second kappa shape index (κ2) is 5.03. The van der Waals surface area contributed by atoms with Crippen LogP contribution in [0.25, 0.3) is 0 Å². The summed E-state index contributed by atoms with van der Waals surface area (Å²) in [5.74, 6) is 0.122. The zero-order chi connectivity index (χ0) is 13.2. The van der Waals surface area contributed by atoms with E-state index in [1.165, 1.54) is 0 Å². The van der Waals surface area contributed by atoms with Crippen LogP contribution in [0.1, 0.15) is 19.8 Å². The van der Waals surface area contributed by atoms with Crippen molar-refractivity contribution in [3.05, 3.63) is 21.6 Å². The number of hydrogen-bond donors (Lipinski definition) is 1. The summed E-state index contributed by atoms with van der Waals surface area (Å²) in [4.78, 5) is 17.7. The van der Waals surface area contributed by atoms with E-state index in [-0.39, 0.29) is 22.4 Å². The van der Waals surface area contributed by atoms with Crippen LogP contribution in [0.2, 0.25) is 5.28 Å². The van der Waals surface area contributed by atoms with Crippen LogP contribution in [-0.2, 0) is 4.74 Å². The molecule has 1 aliphatic rings. The molecule has 18 heavy (non-hydrogen) atoms. The second-order valence-corrected chi connectivity index (χ2v) is 4.72. The highest BCUT2D eigenvalue weighted by Crippen LogP contribution is 2.27. The monoisotopic (exact) mass is 272 g/mol. The van der Waals surface area contributed by atoms with E-state index in [1.54, 1.807) is 0 Å². The summed E-state index contributed by atoms with van der Waals surface area (Å²) in [5.41, 5.74) is -0.508. The zero-order valence-electron chi connectivity index (χ0n) is 9.85. The molecule has 2 heterocycles. The van der Waals surface area contributed by atoms with Gasteiger partial charge in [-0.25, -0.2) is 4.98 Å². The molecule has 0 amide bonds. The van der Waals surface area contributed by atoms with Crippen LogP contribution in [0.5, 0.6) is 0 Å². The van der Waals surface area contributed by atoms with E-state index < -0.39 is 4.92 Å². The fraction of sp³-hybridized carbons (Fsp3) is 0.600. The zero-order valence-corrected chi connectivity index (χ0v) is 10.6. The third-order valence-electron chi connectivity index (χ3n) is 2.87. The summed E-state index contributed by atoms with van der Waals surface area (Å²) in [6.07, 6.45) is 2.99. The molecule has 1 N–H and O–H groups in total. The third-order valence-corrected chi connectivity index (χ3v) is 3.05. The van der Waals surface area contributed by atoms with Crippen molar-refractivity contribution in [3.63, 3.8) is 0 Å². The van der Waals surface area contributed by atoms with Crippen LogP contribution in [0.4, 0.5) is 11.5 Å². The summed E-state index contributed by atoms with van der Waals surface area (Å²) in [6.45, 7) is 3.12. The molecule has 1 aliphatic heterocycles. The normalized spacial score (nSPS) is 23.0. The lowest BCUT2D eigenvalue weighted by molar-refractivity contribution is -0.384. The summed E-state index contributed by atoms with van der Waals surface area (Å²) >= 11 is 5.64. The van der Waals surface area contributed by atoms with E-state index >= 15 is 0 Å². The van der Waals surface area contributed by atoms with Crippen LogP contribution in [0.15, 0.2) is 6.20 Å². The Labute approximate surface area is 109 Å². The first-order valence-electron chi connectivity index (χ1n) is 5.55. The van der Waals surface area contributed by atoms with Gasteiger partial charge in [-0.1, -0.05) is 0 Å². The quantitative estimate of drug-likeness (QED) is 0.512. The minimum Gasteiger partial charge on any atom is -0.373 e. The second-order valence-electron chi connectivity index (χ2n) is 4.39. The van der Waals surface area contributed by atoms with Crippen molar-refractivity contribution >= 4 is 23.1 Å². The lowest BCUT2D eigenvalue weighted by Gasteiger charge is -2.23. The number of anilines is 1. The van der Waals surface area contributed by atoms with Crippen LogP contribution in [0, 0.1) is 10.1 Å². The van der Waals surface area contributed by atoms with Gasteiger partial charge in [0, 0.05) is 13.2 Å². The van der Waals surface area contributed by atoms with Gasteiger partial charge in [0.05, 0.1) is 10.5 Å². The smallest absolute Gasteiger partial charge is 0.329 e. The number of ether oxygens (including phenoxy) is 1. The SMILES string of the molecule is CC1(CNc2nc(Cl)ncc2[N+](=O)[O-])CCCO1. The Hall–Kier alpha value is -1.47. The number of hydrogen-bond acceptors (Lipinski definition) is 6. The minimum absolute atomic E-state index is 0.0272. The third kappa shape index (κ3) is 2.85. The van der Waals surface area contributed by atoms with Gasteiger partial charge in [0.15, 0.2) is 0 Å². The van der Waals surface area contributed by atoms with Crippen molar-refractivity contribution in [2.45, 2.75) is 25.4 Å². The van der Waals surface area contributed by atoms with E-state index in [0.29, 0.717) is 13.2 Å². The Morgan fingerprint density at radius 2 is 2.50 bits per heavy atom. The number of nitrogens with zero attached hydrogens (tertiary/aromatic N) is 3. The van der Waals surface area contributed by atoms with Crippen molar-refractivity contribution in [1.29, 1.82) is 0 Å². The van der Waals surface area contributed by atoms with Crippen LogP contribution >= 0.6 is 11.6 Å². The first-order valence-corrected chi connectivity index (χ1v) is 5.93. The maximum atomic E-state index is 10.8. The predicted octanol–water partition coefficient (Wildman–Crippen LogP) is 2.02. The minimum atomic E-state index is -0.545. The van der Waals surface area contributed by atoms with Crippen molar-refractivity contribution in [2.75, 3.05) is 18.5 Å². The fourth-order valence-corrected chi connectivity index (χ4v) is 2.00. The highest BCUT2D eigenvalue weighted by molar-refractivity contribution is 6.28. The molecule has 1 saturated heterocycles. The fourth-order valence-electron chi connectivity index (χ4n) is 1.86. The van der Waals surface area contributed by atoms with Gasteiger partial charge in [-0.15, -0.1) is 0 Å². The van der Waals surface area contributed by atoms with E-state index in [4.69, 9.17) is 16.3 Å². The van der Waals surface area contributed by atoms with Crippen molar-refractivity contribution in [3.8, 4) is 0 Å². The van der Waals surface area contributed by atoms with E-state index in [0.717, 1.165) is 19.0 Å². The van der Waals surface area contributed by atoms with Gasteiger partial charge in [0.2, 0.25) is 11.1 Å². The van der Waals surface area contributed by atoms with E-state index in [1.807, 2.05) is 6.92 Å². The Bertz CT molecular complexity index is 462. The molecule has 0 bridgehead atoms. The van der Waals surface area contributed by atoms with Gasteiger partial charge >= 0.3 is 5.69 Å². The largest absolute Gasteiger partial charge is 0.373 e. The summed E-state index contributed by atoms with van der Waals surface area (Å²) in [6, 6.07) is 0.